The molecule has 0 radical (unpaired) electrons. The van der Waals surface area contributed by atoms with E-state index < -0.39 is 11.5 Å². The third kappa shape index (κ3) is 2.61. The van der Waals surface area contributed by atoms with E-state index in [1.807, 2.05) is 6.07 Å². The molecule has 8 heteroatoms. The normalized spacial score (nSPS) is 29.8. The molecule has 4 aliphatic rings. The van der Waals surface area contributed by atoms with Gasteiger partial charge in [0.2, 0.25) is 24.1 Å². The predicted octanol–water partition coefficient (Wildman–Crippen LogP) is 3.34. The fourth-order valence-electron chi connectivity index (χ4n) is 5.47. The lowest BCUT2D eigenvalue weighted by Gasteiger charge is -2.42. The van der Waals surface area contributed by atoms with Gasteiger partial charge in [0.25, 0.3) is 0 Å². The zero-order chi connectivity index (χ0) is 22.8. The second-order valence-corrected chi connectivity index (χ2v) is 8.77. The SMILES string of the molecule is COC1=C(OC)[C@]23COc4c5c(cc(c42)[C@@H](OC(C)=O)[C@H](C)[C@@H](C)CC3=CC1=O)OCO5. The first-order valence-corrected chi connectivity index (χ1v) is 10.7. The lowest BCUT2D eigenvalue weighted by atomic mass is 9.62. The zero-order valence-corrected chi connectivity index (χ0v) is 18.8. The van der Waals surface area contributed by atoms with Gasteiger partial charge in [-0.05, 0) is 30.1 Å². The summed E-state index contributed by atoms with van der Waals surface area (Å²) in [5.74, 6) is 1.57. The number of fused-ring (bicyclic) bond motifs is 2. The molecule has 0 N–H and O–H groups in total. The minimum atomic E-state index is -0.896. The number of allylic oxidation sites excluding steroid dienone is 1. The number of carbonyl (C=O) groups excluding carboxylic acids is 2. The summed E-state index contributed by atoms with van der Waals surface area (Å²) in [4.78, 5) is 25.0. The third-order valence-electron chi connectivity index (χ3n) is 7.11. The highest BCUT2D eigenvalue weighted by atomic mass is 16.7. The predicted molar refractivity (Wildman–Crippen MR) is 111 cm³/mol. The Labute approximate surface area is 186 Å². The van der Waals surface area contributed by atoms with Crippen molar-refractivity contribution in [3.63, 3.8) is 0 Å². The molecule has 0 unspecified atom stereocenters. The highest BCUT2D eigenvalue weighted by Crippen LogP contribution is 2.62. The summed E-state index contributed by atoms with van der Waals surface area (Å²) in [5.41, 5.74) is 1.53. The van der Waals surface area contributed by atoms with Crippen molar-refractivity contribution in [2.75, 3.05) is 27.6 Å². The first-order chi connectivity index (χ1) is 15.3. The molecule has 1 aromatic carbocycles. The summed E-state index contributed by atoms with van der Waals surface area (Å²) < 4.78 is 34.9. The van der Waals surface area contributed by atoms with E-state index in [4.69, 9.17) is 28.4 Å². The zero-order valence-electron chi connectivity index (χ0n) is 18.8. The number of hydrogen-bond acceptors (Lipinski definition) is 8. The second-order valence-electron chi connectivity index (χ2n) is 8.77. The number of methoxy groups -OCH3 is 2. The van der Waals surface area contributed by atoms with Crippen LogP contribution in [0.4, 0.5) is 0 Å². The maximum absolute atomic E-state index is 12.9. The summed E-state index contributed by atoms with van der Waals surface area (Å²) in [6, 6.07) is 1.87. The molecule has 170 valence electrons. The maximum atomic E-state index is 12.9. The summed E-state index contributed by atoms with van der Waals surface area (Å²) in [5, 5.41) is 0. The largest absolute Gasteiger partial charge is 0.496 e. The molecule has 32 heavy (non-hydrogen) atoms. The molecule has 0 saturated carbocycles. The summed E-state index contributed by atoms with van der Waals surface area (Å²) in [6.45, 7) is 5.83. The van der Waals surface area contributed by atoms with Crippen LogP contribution in [0.25, 0.3) is 0 Å². The molecule has 2 heterocycles. The van der Waals surface area contributed by atoms with E-state index in [9.17, 15) is 9.59 Å². The van der Waals surface area contributed by atoms with Crippen molar-refractivity contribution in [1.82, 2.24) is 0 Å². The topological polar surface area (TPSA) is 89.5 Å². The van der Waals surface area contributed by atoms with Crippen molar-refractivity contribution in [3.05, 3.63) is 40.4 Å². The van der Waals surface area contributed by atoms with Crippen molar-refractivity contribution in [2.45, 2.75) is 38.7 Å². The highest BCUT2D eigenvalue weighted by molar-refractivity contribution is 6.05. The van der Waals surface area contributed by atoms with Crippen LogP contribution in [0, 0.1) is 11.8 Å². The number of rotatable bonds is 3. The Kier molecular flexibility index (Phi) is 4.65. The quantitative estimate of drug-likeness (QED) is 0.659. The van der Waals surface area contributed by atoms with Gasteiger partial charge in [-0.25, -0.2) is 0 Å². The van der Waals surface area contributed by atoms with Gasteiger partial charge in [-0.15, -0.1) is 0 Å². The van der Waals surface area contributed by atoms with E-state index in [1.165, 1.54) is 21.1 Å². The molecule has 0 fully saturated rings. The van der Waals surface area contributed by atoms with E-state index in [0.717, 1.165) is 16.7 Å². The summed E-state index contributed by atoms with van der Waals surface area (Å²) in [6.07, 6.45) is 1.71. The molecule has 1 aromatic rings. The summed E-state index contributed by atoms with van der Waals surface area (Å²) in [7, 11) is 2.98. The third-order valence-corrected chi connectivity index (χ3v) is 7.11. The van der Waals surface area contributed by atoms with Crippen LogP contribution in [-0.4, -0.2) is 39.4 Å². The minimum Gasteiger partial charge on any atom is -0.496 e. The molecule has 1 spiro atoms. The van der Waals surface area contributed by atoms with Crippen LogP contribution in [0.3, 0.4) is 0 Å². The Morgan fingerprint density at radius 1 is 1.12 bits per heavy atom. The van der Waals surface area contributed by atoms with Crippen LogP contribution in [0.15, 0.2) is 29.2 Å². The van der Waals surface area contributed by atoms with Gasteiger partial charge in [-0.3, -0.25) is 9.59 Å². The van der Waals surface area contributed by atoms with Gasteiger partial charge in [-0.1, -0.05) is 13.8 Å². The van der Waals surface area contributed by atoms with E-state index in [0.29, 0.717) is 29.4 Å². The molecule has 4 atom stereocenters. The maximum Gasteiger partial charge on any atom is 0.303 e. The van der Waals surface area contributed by atoms with Crippen LogP contribution >= 0.6 is 0 Å². The smallest absolute Gasteiger partial charge is 0.303 e. The van der Waals surface area contributed by atoms with Crippen molar-refractivity contribution in [1.29, 1.82) is 0 Å². The van der Waals surface area contributed by atoms with E-state index in [2.05, 4.69) is 13.8 Å². The first-order valence-electron chi connectivity index (χ1n) is 10.7. The molecule has 2 aliphatic carbocycles. The average molecular weight is 442 g/mol. The van der Waals surface area contributed by atoms with Gasteiger partial charge in [0, 0.05) is 24.0 Å². The number of ether oxygens (including phenoxy) is 6. The van der Waals surface area contributed by atoms with Crippen LogP contribution in [0.5, 0.6) is 17.2 Å². The molecular formula is C24H26O8. The van der Waals surface area contributed by atoms with Gasteiger partial charge in [-0.2, -0.15) is 0 Å². The molecular weight excluding hydrogens is 416 g/mol. The number of esters is 1. The van der Waals surface area contributed by atoms with Crippen molar-refractivity contribution < 1.29 is 38.0 Å². The minimum absolute atomic E-state index is 0.0308. The Morgan fingerprint density at radius 3 is 2.59 bits per heavy atom. The van der Waals surface area contributed by atoms with Crippen molar-refractivity contribution >= 4 is 11.8 Å². The van der Waals surface area contributed by atoms with E-state index in [1.54, 1.807) is 6.08 Å². The van der Waals surface area contributed by atoms with Gasteiger partial charge in [0.1, 0.15) is 18.1 Å². The van der Waals surface area contributed by atoms with Gasteiger partial charge in [0.15, 0.2) is 17.3 Å². The van der Waals surface area contributed by atoms with Crippen molar-refractivity contribution in [2.24, 2.45) is 11.8 Å². The fourth-order valence-corrected chi connectivity index (χ4v) is 5.47. The standard InChI is InChI=1S/C24H26O8/c1-11-6-14-7-16(26)20(27-4)23(28-5)24(14)9-29-22-18(24)15(8-17-21(22)31-10-30-17)19(12(11)2)32-13(3)25/h7-8,11-12,19H,6,9-10H2,1-5H3/t11-,12+,19-,24-/m0/s1. The number of benzene rings is 1. The lowest BCUT2D eigenvalue weighted by Crippen LogP contribution is -2.42. The Balaban J connectivity index is 1.88. The molecule has 0 bridgehead atoms. The lowest BCUT2D eigenvalue weighted by molar-refractivity contribution is -0.150. The Bertz CT molecular complexity index is 1080. The highest BCUT2D eigenvalue weighted by Gasteiger charge is 2.58. The van der Waals surface area contributed by atoms with Gasteiger partial charge in [0.05, 0.1) is 14.2 Å². The molecule has 0 aromatic heterocycles. The fraction of sp³-hybridized carbons (Fsp3) is 0.500. The second kappa shape index (κ2) is 7.18. The van der Waals surface area contributed by atoms with Crippen LogP contribution in [0.2, 0.25) is 0 Å². The molecule has 5 rings (SSSR count). The van der Waals surface area contributed by atoms with E-state index >= 15 is 0 Å². The number of hydrogen-bond donors (Lipinski definition) is 0. The van der Waals surface area contributed by atoms with Gasteiger partial charge < -0.3 is 28.4 Å². The Morgan fingerprint density at radius 2 is 1.91 bits per heavy atom. The number of ketones is 1. The average Bonchev–Trinajstić information content (AvgIpc) is 3.38. The van der Waals surface area contributed by atoms with Crippen LogP contribution in [-0.2, 0) is 29.2 Å². The van der Waals surface area contributed by atoms with Crippen LogP contribution in [0.1, 0.15) is 44.4 Å². The Hall–Kier alpha value is -3.16. The monoisotopic (exact) mass is 442 g/mol. The van der Waals surface area contributed by atoms with Crippen molar-refractivity contribution in [3.8, 4) is 17.2 Å². The molecule has 0 saturated heterocycles. The molecule has 0 amide bonds. The first kappa shape index (κ1) is 20.7. The molecule has 2 aliphatic heterocycles. The molecule has 8 nitrogen and oxygen atoms in total. The van der Waals surface area contributed by atoms with Gasteiger partial charge >= 0.3 is 5.97 Å². The van der Waals surface area contributed by atoms with Crippen LogP contribution < -0.4 is 14.2 Å². The number of carbonyl (C=O) groups is 2. The summed E-state index contributed by atoms with van der Waals surface area (Å²) >= 11 is 0. The van der Waals surface area contributed by atoms with E-state index in [-0.39, 0.29) is 42.7 Å².